The van der Waals surface area contributed by atoms with Crippen molar-refractivity contribution in [2.24, 2.45) is 0 Å². The van der Waals surface area contributed by atoms with Crippen molar-refractivity contribution in [3.63, 3.8) is 0 Å². The molecule has 0 atom stereocenters. The lowest BCUT2D eigenvalue weighted by molar-refractivity contribution is 0.0363. The Labute approximate surface area is 126 Å². The highest BCUT2D eigenvalue weighted by Gasteiger charge is 2.30. The number of fused-ring (bicyclic) bond motifs is 1. The average Bonchev–Trinajstić information content (AvgIpc) is 2.79. The van der Waals surface area contributed by atoms with Crippen LogP contribution in [0.25, 0.3) is 10.9 Å². The number of H-pyrrole nitrogens is 1. The van der Waals surface area contributed by atoms with Crippen molar-refractivity contribution in [1.29, 1.82) is 0 Å². The van der Waals surface area contributed by atoms with Crippen LogP contribution >= 0.6 is 15.9 Å². The number of hydrogen-bond donors (Lipinski definition) is 1. The van der Waals surface area contributed by atoms with Crippen molar-refractivity contribution >= 4 is 32.7 Å². The van der Waals surface area contributed by atoms with E-state index in [4.69, 9.17) is 4.74 Å². The van der Waals surface area contributed by atoms with Crippen molar-refractivity contribution in [2.45, 2.75) is 19.4 Å². The molecule has 6 heteroatoms. The van der Waals surface area contributed by atoms with Gasteiger partial charge in [-0.2, -0.15) is 5.10 Å². The van der Waals surface area contributed by atoms with E-state index >= 15 is 0 Å². The molecule has 0 aliphatic carbocycles. The van der Waals surface area contributed by atoms with Gasteiger partial charge in [0.2, 0.25) is 0 Å². The Bertz CT molecular complexity index is 636. The summed E-state index contributed by atoms with van der Waals surface area (Å²) in [5.41, 5.74) is 0.866. The number of rotatable bonds is 4. The largest absolute Gasteiger partial charge is 0.382 e. The fourth-order valence-corrected chi connectivity index (χ4v) is 2.39. The quantitative estimate of drug-likeness (QED) is 0.931. The first-order chi connectivity index (χ1) is 9.36. The predicted octanol–water partition coefficient (Wildman–Crippen LogP) is 2.82. The number of carbonyl (C=O) groups excluding carboxylic acids is 1. The maximum absolute atomic E-state index is 12.6. The lowest BCUT2D eigenvalue weighted by Crippen LogP contribution is -2.48. The minimum atomic E-state index is -0.400. The van der Waals surface area contributed by atoms with Gasteiger partial charge in [-0.25, -0.2) is 0 Å². The van der Waals surface area contributed by atoms with Gasteiger partial charge in [0.15, 0.2) is 5.69 Å². The Hall–Kier alpha value is -1.40. The normalized spacial score (nSPS) is 11.8. The number of likely N-dealkylation sites (N-methyl/N-ethyl adjacent to an activating group) is 1. The van der Waals surface area contributed by atoms with Gasteiger partial charge in [0, 0.05) is 24.0 Å². The van der Waals surface area contributed by atoms with Crippen LogP contribution in [-0.4, -0.2) is 47.3 Å². The van der Waals surface area contributed by atoms with E-state index < -0.39 is 5.54 Å². The zero-order valence-corrected chi connectivity index (χ0v) is 13.6. The highest BCUT2D eigenvalue weighted by Crippen LogP contribution is 2.24. The number of ether oxygens (including phenoxy) is 1. The molecule has 0 saturated heterocycles. The SMILES string of the molecule is COCC(C)(C)N(C)C(=O)c1n[nH]c2ccc(Br)cc12. The molecule has 0 aliphatic heterocycles. The number of aromatic amines is 1. The van der Waals surface area contributed by atoms with Gasteiger partial charge in [0.05, 0.1) is 17.7 Å². The standard InChI is InChI=1S/C14H18BrN3O2/c1-14(2,8-20-4)18(3)13(19)12-10-7-9(15)5-6-11(10)16-17-12/h5-7H,8H2,1-4H3,(H,16,17). The van der Waals surface area contributed by atoms with Crippen LogP contribution < -0.4 is 0 Å². The molecule has 0 fully saturated rings. The van der Waals surface area contributed by atoms with Crippen LogP contribution in [0.15, 0.2) is 22.7 Å². The molecule has 108 valence electrons. The van der Waals surface area contributed by atoms with E-state index in [2.05, 4.69) is 26.1 Å². The van der Waals surface area contributed by atoms with Gasteiger partial charge >= 0.3 is 0 Å². The van der Waals surface area contributed by atoms with Crippen LogP contribution in [0.2, 0.25) is 0 Å². The van der Waals surface area contributed by atoms with Crippen molar-refractivity contribution in [3.05, 3.63) is 28.4 Å². The maximum atomic E-state index is 12.6. The fourth-order valence-electron chi connectivity index (χ4n) is 2.03. The number of nitrogens with zero attached hydrogens (tertiary/aromatic N) is 2. The summed E-state index contributed by atoms with van der Waals surface area (Å²) in [4.78, 5) is 14.3. The second-order valence-electron chi connectivity index (χ2n) is 5.37. The van der Waals surface area contributed by atoms with Crippen LogP contribution in [0.4, 0.5) is 0 Å². The molecular formula is C14H18BrN3O2. The summed E-state index contributed by atoms with van der Waals surface area (Å²) < 4.78 is 6.09. The Morgan fingerprint density at radius 2 is 2.20 bits per heavy atom. The molecule has 0 spiro atoms. The van der Waals surface area contributed by atoms with Crippen LogP contribution in [0.1, 0.15) is 24.3 Å². The van der Waals surface area contributed by atoms with E-state index in [0.29, 0.717) is 12.3 Å². The molecule has 1 aromatic carbocycles. The van der Waals surface area contributed by atoms with E-state index in [1.165, 1.54) is 0 Å². The van der Waals surface area contributed by atoms with E-state index in [1.807, 2.05) is 32.0 Å². The third kappa shape index (κ3) is 2.71. The van der Waals surface area contributed by atoms with Gasteiger partial charge in [-0.05, 0) is 32.0 Å². The Balaban J connectivity index is 2.38. The second-order valence-corrected chi connectivity index (χ2v) is 6.29. The number of methoxy groups -OCH3 is 1. The Morgan fingerprint density at radius 1 is 1.50 bits per heavy atom. The number of halogens is 1. The van der Waals surface area contributed by atoms with Gasteiger partial charge in [-0.1, -0.05) is 15.9 Å². The van der Waals surface area contributed by atoms with Crippen LogP contribution in [0.3, 0.4) is 0 Å². The number of hydrogen-bond acceptors (Lipinski definition) is 3. The molecule has 20 heavy (non-hydrogen) atoms. The lowest BCUT2D eigenvalue weighted by Gasteiger charge is -2.34. The molecule has 0 bridgehead atoms. The molecule has 1 amide bonds. The van der Waals surface area contributed by atoms with Crippen LogP contribution in [-0.2, 0) is 4.74 Å². The molecule has 1 N–H and O–H groups in total. The highest BCUT2D eigenvalue weighted by molar-refractivity contribution is 9.10. The fraction of sp³-hybridized carbons (Fsp3) is 0.429. The van der Waals surface area contributed by atoms with E-state index in [0.717, 1.165) is 15.4 Å². The van der Waals surface area contributed by atoms with Gasteiger partial charge in [-0.3, -0.25) is 9.89 Å². The first kappa shape index (κ1) is 15.0. The molecule has 5 nitrogen and oxygen atoms in total. The summed E-state index contributed by atoms with van der Waals surface area (Å²) in [6, 6.07) is 5.69. The number of amides is 1. The molecule has 1 aromatic heterocycles. The van der Waals surface area contributed by atoms with E-state index in [9.17, 15) is 4.79 Å². The predicted molar refractivity (Wildman–Crippen MR) is 81.8 cm³/mol. The van der Waals surface area contributed by atoms with Crippen molar-refractivity contribution in [3.8, 4) is 0 Å². The topological polar surface area (TPSA) is 58.2 Å². The maximum Gasteiger partial charge on any atom is 0.275 e. The summed E-state index contributed by atoms with van der Waals surface area (Å²) in [7, 11) is 3.39. The number of aromatic nitrogens is 2. The van der Waals surface area contributed by atoms with Gasteiger partial charge in [0.1, 0.15) is 0 Å². The smallest absolute Gasteiger partial charge is 0.275 e. The van der Waals surface area contributed by atoms with Gasteiger partial charge in [0.25, 0.3) is 5.91 Å². The highest BCUT2D eigenvalue weighted by atomic mass is 79.9. The minimum absolute atomic E-state index is 0.128. The zero-order chi connectivity index (χ0) is 14.9. The molecule has 0 saturated carbocycles. The number of carbonyl (C=O) groups is 1. The average molecular weight is 340 g/mol. The van der Waals surface area contributed by atoms with Gasteiger partial charge in [-0.15, -0.1) is 0 Å². The molecule has 1 heterocycles. The molecule has 0 aliphatic rings. The summed E-state index contributed by atoms with van der Waals surface area (Å²) in [6.45, 7) is 4.37. The lowest BCUT2D eigenvalue weighted by atomic mass is 10.0. The molecule has 0 radical (unpaired) electrons. The third-order valence-electron chi connectivity index (χ3n) is 3.44. The number of nitrogens with one attached hydrogen (secondary N) is 1. The summed E-state index contributed by atoms with van der Waals surface area (Å²) >= 11 is 3.42. The second kappa shape index (κ2) is 5.54. The van der Waals surface area contributed by atoms with Crippen LogP contribution in [0, 0.1) is 0 Å². The van der Waals surface area contributed by atoms with E-state index in [-0.39, 0.29) is 5.91 Å². The van der Waals surface area contributed by atoms with Gasteiger partial charge < -0.3 is 9.64 Å². The molecule has 0 unspecified atom stereocenters. The third-order valence-corrected chi connectivity index (χ3v) is 3.93. The molecular weight excluding hydrogens is 322 g/mol. The zero-order valence-electron chi connectivity index (χ0n) is 12.0. The Kier molecular flexibility index (Phi) is 4.15. The van der Waals surface area contributed by atoms with Crippen molar-refractivity contribution in [1.82, 2.24) is 15.1 Å². The number of benzene rings is 1. The monoisotopic (exact) mass is 339 g/mol. The van der Waals surface area contributed by atoms with Crippen molar-refractivity contribution in [2.75, 3.05) is 20.8 Å². The Morgan fingerprint density at radius 3 is 2.85 bits per heavy atom. The molecule has 2 rings (SSSR count). The molecule has 2 aromatic rings. The summed E-state index contributed by atoms with van der Waals surface area (Å²) in [5.74, 6) is -0.128. The summed E-state index contributed by atoms with van der Waals surface area (Å²) in [6.07, 6.45) is 0. The van der Waals surface area contributed by atoms with Crippen LogP contribution in [0.5, 0.6) is 0 Å². The van der Waals surface area contributed by atoms with E-state index in [1.54, 1.807) is 19.1 Å². The van der Waals surface area contributed by atoms with Crippen molar-refractivity contribution < 1.29 is 9.53 Å². The summed E-state index contributed by atoms with van der Waals surface area (Å²) in [5, 5.41) is 7.85. The first-order valence-electron chi connectivity index (χ1n) is 6.27. The first-order valence-corrected chi connectivity index (χ1v) is 7.07. The minimum Gasteiger partial charge on any atom is -0.382 e.